The second kappa shape index (κ2) is 7.03. The quantitative estimate of drug-likeness (QED) is 0.617. The Morgan fingerprint density at radius 1 is 1.32 bits per heavy atom. The number of benzene rings is 1. The minimum Gasteiger partial charge on any atom is -0.480 e. The van der Waals surface area contributed by atoms with Crippen molar-refractivity contribution in [3.8, 4) is 11.3 Å². The number of carboxylic acids is 1. The van der Waals surface area contributed by atoms with Crippen molar-refractivity contribution in [2.45, 2.75) is 13.0 Å². The van der Waals surface area contributed by atoms with Crippen molar-refractivity contribution in [2.75, 3.05) is 0 Å². The molecular formula is C17H12ClNO4S2. The molecular weight excluding hydrogens is 382 g/mol. The summed E-state index contributed by atoms with van der Waals surface area (Å²) in [5.74, 6) is -0.430. The molecule has 3 rings (SSSR count). The number of aliphatic carboxylic acids is 1. The number of hydrogen-bond donors (Lipinski definition) is 1. The Balaban J connectivity index is 1.84. The van der Waals surface area contributed by atoms with E-state index in [1.165, 1.54) is 6.92 Å². The molecule has 1 aliphatic heterocycles. The van der Waals surface area contributed by atoms with E-state index in [0.717, 1.165) is 22.2 Å². The van der Waals surface area contributed by atoms with Crippen molar-refractivity contribution in [3.63, 3.8) is 0 Å². The maximum absolute atomic E-state index is 12.4. The molecule has 0 saturated carbocycles. The number of thiocarbonyl (C=S) groups is 1. The third-order valence-corrected chi connectivity index (χ3v) is 5.18. The minimum absolute atomic E-state index is 0.218. The van der Waals surface area contributed by atoms with Gasteiger partial charge in [0, 0.05) is 16.7 Å². The van der Waals surface area contributed by atoms with Crippen LogP contribution in [0.15, 0.2) is 45.7 Å². The van der Waals surface area contributed by atoms with Gasteiger partial charge in [-0.15, -0.1) is 0 Å². The van der Waals surface area contributed by atoms with E-state index in [9.17, 15) is 9.59 Å². The van der Waals surface area contributed by atoms with Crippen LogP contribution in [0.4, 0.5) is 0 Å². The van der Waals surface area contributed by atoms with Gasteiger partial charge in [-0.25, -0.2) is 4.79 Å². The van der Waals surface area contributed by atoms with Gasteiger partial charge in [0.1, 0.15) is 21.9 Å². The van der Waals surface area contributed by atoms with Crippen molar-refractivity contribution in [2.24, 2.45) is 0 Å². The summed E-state index contributed by atoms with van der Waals surface area (Å²) in [5, 5.41) is 9.72. The number of nitrogens with zero attached hydrogens (tertiary/aromatic N) is 1. The summed E-state index contributed by atoms with van der Waals surface area (Å²) < 4.78 is 5.95. The fourth-order valence-electron chi connectivity index (χ4n) is 2.25. The lowest BCUT2D eigenvalue weighted by atomic mass is 10.2. The normalized spacial score (nSPS) is 17.4. The van der Waals surface area contributed by atoms with E-state index < -0.39 is 17.9 Å². The lowest BCUT2D eigenvalue weighted by molar-refractivity contribution is -0.144. The number of halogens is 1. The number of carbonyl (C=O) groups is 2. The molecule has 1 amide bonds. The molecule has 0 bridgehead atoms. The van der Waals surface area contributed by atoms with Crippen LogP contribution in [0.25, 0.3) is 17.4 Å². The van der Waals surface area contributed by atoms with Gasteiger partial charge in [0.15, 0.2) is 0 Å². The fraction of sp³-hybridized carbons (Fsp3) is 0.118. The van der Waals surface area contributed by atoms with Crippen LogP contribution in [0.5, 0.6) is 0 Å². The van der Waals surface area contributed by atoms with Crippen molar-refractivity contribution < 1.29 is 19.1 Å². The Kier molecular flexibility index (Phi) is 4.99. The zero-order valence-electron chi connectivity index (χ0n) is 12.9. The first-order valence-corrected chi connectivity index (χ1v) is 8.83. The van der Waals surface area contributed by atoms with E-state index in [0.29, 0.717) is 21.4 Å². The van der Waals surface area contributed by atoms with Gasteiger partial charge in [-0.05, 0) is 43.3 Å². The Morgan fingerprint density at radius 2 is 2.00 bits per heavy atom. The fourth-order valence-corrected chi connectivity index (χ4v) is 3.78. The van der Waals surface area contributed by atoms with Crippen LogP contribution in [0, 0.1) is 0 Å². The van der Waals surface area contributed by atoms with Crippen LogP contribution in [0.1, 0.15) is 12.7 Å². The van der Waals surface area contributed by atoms with Crippen LogP contribution in [-0.4, -0.2) is 32.2 Å². The van der Waals surface area contributed by atoms with Gasteiger partial charge >= 0.3 is 5.97 Å². The summed E-state index contributed by atoms with van der Waals surface area (Å²) in [6.07, 6.45) is 1.56. The molecule has 0 unspecified atom stereocenters. The van der Waals surface area contributed by atoms with E-state index in [1.54, 1.807) is 30.3 Å². The number of furan rings is 1. The standard InChI is InChI=1S/C17H12ClNO4S2/c1-9(16(21)22)19-15(20)14(25-17(19)24)8-12-6-7-13(23-12)10-2-4-11(18)5-3-10/h2-9H,1H3,(H,21,22)/b14-8+/t9-/m0/s1. The first-order valence-electron chi connectivity index (χ1n) is 7.22. The third kappa shape index (κ3) is 3.63. The maximum Gasteiger partial charge on any atom is 0.326 e. The molecule has 1 N–H and O–H groups in total. The van der Waals surface area contributed by atoms with E-state index in [4.69, 9.17) is 33.3 Å². The van der Waals surface area contributed by atoms with Crippen LogP contribution in [0.3, 0.4) is 0 Å². The van der Waals surface area contributed by atoms with Crippen LogP contribution < -0.4 is 0 Å². The molecule has 25 heavy (non-hydrogen) atoms. The largest absolute Gasteiger partial charge is 0.480 e. The van der Waals surface area contributed by atoms with E-state index in [2.05, 4.69) is 0 Å². The number of carbonyl (C=O) groups excluding carboxylic acids is 1. The van der Waals surface area contributed by atoms with Gasteiger partial charge in [0.25, 0.3) is 5.91 Å². The number of thioether (sulfide) groups is 1. The molecule has 2 aromatic rings. The molecule has 1 aromatic carbocycles. The summed E-state index contributed by atoms with van der Waals surface area (Å²) in [6, 6.07) is 9.69. The summed E-state index contributed by atoms with van der Waals surface area (Å²) in [6.45, 7) is 1.42. The molecule has 5 nitrogen and oxygen atoms in total. The van der Waals surface area contributed by atoms with Gasteiger partial charge in [0.05, 0.1) is 4.91 Å². The third-order valence-electron chi connectivity index (χ3n) is 3.60. The first-order chi connectivity index (χ1) is 11.9. The summed E-state index contributed by atoms with van der Waals surface area (Å²) in [4.78, 5) is 24.9. The molecule has 1 atom stereocenters. The van der Waals surface area contributed by atoms with Crippen LogP contribution in [-0.2, 0) is 9.59 Å². The molecule has 2 heterocycles. The van der Waals surface area contributed by atoms with E-state index in [-0.39, 0.29) is 4.32 Å². The van der Waals surface area contributed by atoms with Gasteiger partial charge in [-0.3, -0.25) is 9.69 Å². The Bertz CT molecular complexity index is 888. The topological polar surface area (TPSA) is 70.8 Å². The molecule has 1 fully saturated rings. The van der Waals surface area contributed by atoms with E-state index in [1.807, 2.05) is 12.1 Å². The highest BCUT2D eigenvalue weighted by atomic mass is 35.5. The molecule has 8 heteroatoms. The molecule has 128 valence electrons. The highest BCUT2D eigenvalue weighted by Crippen LogP contribution is 2.35. The second-order valence-corrected chi connectivity index (χ2v) is 7.39. The van der Waals surface area contributed by atoms with Crippen molar-refractivity contribution >= 4 is 57.9 Å². The van der Waals surface area contributed by atoms with Crippen molar-refractivity contribution in [1.29, 1.82) is 0 Å². The Morgan fingerprint density at radius 3 is 2.64 bits per heavy atom. The summed E-state index contributed by atoms with van der Waals surface area (Å²) in [5.41, 5.74) is 0.857. The zero-order valence-corrected chi connectivity index (χ0v) is 15.3. The highest BCUT2D eigenvalue weighted by Gasteiger charge is 2.38. The smallest absolute Gasteiger partial charge is 0.326 e. The monoisotopic (exact) mass is 393 g/mol. The van der Waals surface area contributed by atoms with Gasteiger partial charge in [-0.1, -0.05) is 35.6 Å². The molecule has 1 aliphatic rings. The number of rotatable bonds is 4. The molecule has 0 spiro atoms. The van der Waals surface area contributed by atoms with Crippen LogP contribution in [0.2, 0.25) is 5.02 Å². The minimum atomic E-state index is -1.11. The zero-order chi connectivity index (χ0) is 18.1. The van der Waals surface area contributed by atoms with Crippen LogP contribution >= 0.6 is 35.6 Å². The second-order valence-electron chi connectivity index (χ2n) is 5.27. The highest BCUT2D eigenvalue weighted by molar-refractivity contribution is 8.26. The predicted molar refractivity (Wildman–Crippen MR) is 101 cm³/mol. The maximum atomic E-state index is 12.4. The lowest BCUT2D eigenvalue weighted by Gasteiger charge is -2.18. The number of carboxylic acid groups (broad SMARTS) is 1. The SMILES string of the molecule is C[C@@H](C(=O)O)N1C(=O)/C(=C\c2ccc(-c3ccc(Cl)cc3)o2)SC1=S. The number of amides is 1. The average Bonchev–Trinajstić information content (AvgIpc) is 3.13. The van der Waals surface area contributed by atoms with Crippen molar-refractivity contribution in [3.05, 3.63) is 52.1 Å². The first kappa shape index (κ1) is 17.7. The predicted octanol–water partition coefficient (Wildman–Crippen LogP) is 4.27. The number of hydrogen-bond acceptors (Lipinski definition) is 5. The Hall–Kier alpha value is -2.09. The van der Waals surface area contributed by atoms with Gasteiger partial charge < -0.3 is 9.52 Å². The molecule has 1 aromatic heterocycles. The summed E-state index contributed by atoms with van der Waals surface area (Å²) >= 11 is 12.0. The Labute approximate surface area is 158 Å². The summed E-state index contributed by atoms with van der Waals surface area (Å²) in [7, 11) is 0. The van der Waals surface area contributed by atoms with E-state index >= 15 is 0 Å². The van der Waals surface area contributed by atoms with Gasteiger partial charge in [-0.2, -0.15) is 0 Å². The van der Waals surface area contributed by atoms with Crippen molar-refractivity contribution in [1.82, 2.24) is 4.90 Å². The molecule has 1 saturated heterocycles. The lowest BCUT2D eigenvalue weighted by Crippen LogP contribution is -2.41. The average molecular weight is 394 g/mol. The molecule has 0 aliphatic carbocycles. The van der Waals surface area contributed by atoms with Gasteiger partial charge in [0.2, 0.25) is 0 Å². The molecule has 0 radical (unpaired) electrons.